The third kappa shape index (κ3) is 4.10. The predicted octanol–water partition coefficient (Wildman–Crippen LogP) is 3.39. The number of rotatable bonds is 4. The molecule has 3 nitrogen and oxygen atoms in total. The SMILES string of the molecule is O=C(NCCC1CCCC1)Nc1ccccc1. The Hall–Kier alpha value is -1.51. The molecule has 1 aromatic rings. The number of para-hydroxylation sites is 1. The highest BCUT2D eigenvalue weighted by Crippen LogP contribution is 2.26. The van der Waals surface area contributed by atoms with E-state index in [1.165, 1.54) is 25.7 Å². The van der Waals surface area contributed by atoms with Gasteiger partial charge in [-0.2, -0.15) is 0 Å². The van der Waals surface area contributed by atoms with Gasteiger partial charge in [0.15, 0.2) is 0 Å². The molecule has 92 valence electrons. The minimum atomic E-state index is -0.103. The lowest BCUT2D eigenvalue weighted by Crippen LogP contribution is -2.30. The third-order valence-corrected chi connectivity index (χ3v) is 3.34. The molecule has 0 unspecified atom stereocenters. The van der Waals surface area contributed by atoms with Gasteiger partial charge < -0.3 is 10.6 Å². The molecular weight excluding hydrogens is 212 g/mol. The van der Waals surface area contributed by atoms with Crippen LogP contribution in [-0.2, 0) is 0 Å². The Morgan fingerprint density at radius 3 is 2.59 bits per heavy atom. The molecule has 0 heterocycles. The monoisotopic (exact) mass is 232 g/mol. The van der Waals surface area contributed by atoms with E-state index in [2.05, 4.69) is 10.6 Å². The fourth-order valence-electron chi connectivity index (χ4n) is 2.39. The molecule has 2 N–H and O–H groups in total. The molecule has 0 aromatic heterocycles. The Bertz CT molecular complexity index is 344. The zero-order valence-electron chi connectivity index (χ0n) is 10.1. The highest BCUT2D eigenvalue weighted by molar-refractivity contribution is 5.89. The van der Waals surface area contributed by atoms with Crippen LogP contribution in [0, 0.1) is 5.92 Å². The maximum atomic E-state index is 11.6. The molecular formula is C14H20N2O. The summed E-state index contributed by atoms with van der Waals surface area (Å²) in [7, 11) is 0. The van der Waals surface area contributed by atoms with Crippen molar-refractivity contribution in [3.05, 3.63) is 30.3 Å². The minimum Gasteiger partial charge on any atom is -0.338 e. The topological polar surface area (TPSA) is 41.1 Å². The van der Waals surface area contributed by atoms with Crippen LogP contribution in [0.1, 0.15) is 32.1 Å². The number of carbonyl (C=O) groups excluding carboxylic acids is 1. The zero-order valence-corrected chi connectivity index (χ0v) is 10.1. The maximum absolute atomic E-state index is 11.6. The van der Waals surface area contributed by atoms with Crippen molar-refractivity contribution >= 4 is 11.7 Å². The number of amides is 2. The number of hydrogen-bond acceptors (Lipinski definition) is 1. The van der Waals surface area contributed by atoms with Crippen molar-refractivity contribution in [2.45, 2.75) is 32.1 Å². The van der Waals surface area contributed by atoms with Gasteiger partial charge in [-0.15, -0.1) is 0 Å². The number of benzene rings is 1. The highest BCUT2D eigenvalue weighted by Gasteiger charge is 2.14. The molecule has 1 aliphatic rings. The summed E-state index contributed by atoms with van der Waals surface area (Å²) in [6.45, 7) is 0.781. The van der Waals surface area contributed by atoms with E-state index in [0.29, 0.717) is 0 Å². The van der Waals surface area contributed by atoms with Crippen molar-refractivity contribution < 1.29 is 4.79 Å². The van der Waals surface area contributed by atoms with Crippen LogP contribution >= 0.6 is 0 Å². The van der Waals surface area contributed by atoms with Gasteiger partial charge in [-0.1, -0.05) is 43.9 Å². The second kappa shape index (κ2) is 6.28. The highest BCUT2D eigenvalue weighted by atomic mass is 16.2. The van der Waals surface area contributed by atoms with Crippen LogP contribution in [0.5, 0.6) is 0 Å². The van der Waals surface area contributed by atoms with Gasteiger partial charge in [0, 0.05) is 12.2 Å². The summed E-state index contributed by atoms with van der Waals surface area (Å²) in [5, 5.41) is 5.73. The minimum absolute atomic E-state index is 0.103. The van der Waals surface area contributed by atoms with Crippen LogP contribution in [0.15, 0.2) is 30.3 Å². The van der Waals surface area contributed by atoms with Crippen LogP contribution in [0.4, 0.5) is 10.5 Å². The molecule has 0 bridgehead atoms. The number of carbonyl (C=O) groups is 1. The Balaban J connectivity index is 1.64. The van der Waals surface area contributed by atoms with Gasteiger partial charge in [0.1, 0.15) is 0 Å². The first-order valence-corrected chi connectivity index (χ1v) is 6.44. The lowest BCUT2D eigenvalue weighted by Gasteiger charge is -2.10. The van der Waals surface area contributed by atoms with Crippen molar-refractivity contribution in [2.24, 2.45) is 5.92 Å². The van der Waals surface area contributed by atoms with Crippen molar-refractivity contribution in [1.29, 1.82) is 0 Å². The molecule has 2 amide bonds. The van der Waals surface area contributed by atoms with Crippen LogP contribution in [0.25, 0.3) is 0 Å². The van der Waals surface area contributed by atoms with Gasteiger partial charge in [0.2, 0.25) is 0 Å². The Morgan fingerprint density at radius 2 is 1.88 bits per heavy atom. The fraction of sp³-hybridized carbons (Fsp3) is 0.500. The van der Waals surface area contributed by atoms with Crippen molar-refractivity contribution in [3.8, 4) is 0 Å². The molecule has 0 atom stereocenters. The summed E-state index contributed by atoms with van der Waals surface area (Å²) >= 11 is 0. The molecule has 0 radical (unpaired) electrons. The van der Waals surface area contributed by atoms with Gasteiger partial charge in [0.05, 0.1) is 0 Å². The average Bonchev–Trinajstić information content (AvgIpc) is 2.83. The molecule has 1 aromatic carbocycles. The molecule has 0 saturated heterocycles. The van der Waals surface area contributed by atoms with Crippen LogP contribution in [0.2, 0.25) is 0 Å². The molecule has 17 heavy (non-hydrogen) atoms. The number of anilines is 1. The summed E-state index contributed by atoms with van der Waals surface area (Å²) in [5.74, 6) is 0.826. The molecule has 0 spiro atoms. The smallest absolute Gasteiger partial charge is 0.319 e. The van der Waals surface area contributed by atoms with E-state index >= 15 is 0 Å². The average molecular weight is 232 g/mol. The lowest BCUT2D eigenvalue weighted by atomic mass is 10.0. The first-order chi connectivity index (χ1) is 8.34. The van der Waals surface area contributed by atoms with Crippen LogP contribution < -0.4 is 10.6 Å². The lowest BCUT2D eigenvalue weighted by molar-refractivity contribution is 0.251. The van der Waals surface area contributed by atoms with E-state index < -0.39 is 0 Å². The number of urea groups is 1. The number of hydrogen-bond donors (Lipinski definition) is 2. The Labute approximate surface area is 103 Å². The van der Waals surface area contributed by atoms with E-state index in [4.69, 9.17) is 0 Å². The number of nitrogens with one attached hydrogen (secondary N) is 2. The summed E-state index contributed by atoms with van der Waals surface area (Å²) in [4.78, 5) is 11.6. The van der Waals surface area contributed by atoms with Crippen LogP contribution in [-0.4, -0.2) is 12.6 Å². The zero-order chi connectivity index (χ0) is 11.9. The molecule has 2 rings (SSSR count). The second-order valence-corrected chi connectivity index (χ2v) is 4.69. The van der Waals surface area contributed by atoms with E-state index in [0.717, 1.165) is 24.6 Å². The molecule has 1 fully saturated rings. The standard InChI is InChI=1S/C14H20N2O/c17-14(16-13-8-2-1-3-9-13)15-11-10-12-6-4-5-7-12/h1-3,8-9,12H,4-7,10-11H2,(H2,15,16,17). The summed E-state index contributed by atoms with van der Waals surface area (Å²) < 4.78 is 0. The van der Waals surface area contributed by atoms with Gasteiger partial charge in [-0.3, -0.25) is 0 Å². The largest absolute Gasteiger partial charge is 0.338 e. The second-order valence-electron chi connectivity index (χ2n) is 4.69. The van der Waals surface area contributed by atoms with Crippen molar-refractivity contribution in [3.63, 3.8) is 0 Å². The quantitative estimate of drug-likeness (QED) is 0.820. The van der Waals surface area contributed by atoms with Crippen molar-refractivity contribution in [2.75, 3.05) is 11.9 Å². The summed E-state index contributed by atoms with van der Waals surface area (Å²) in [6, 6.07) is 9.42. The molecule has 1 aliphatic carbocycles. The van der Waals surface area contributed by atoms with Gasteiger partial charge >= 0.3 is 6.03 Å². The fourth-order valence-corrected chi connectivity index (χ4v) is 2.39. The Kier molecular flexibility index (Phi) is 4.42. The molecule has 0 aliphatic heterocycles. The van der Waals surface area contributed by atoms with E-state index in [1.54, 1.807) is 0 Å². The normalized spacial score (nSPS) is 15.8. The Morgan fingerprint density at radius 1 is 1.18 bits per heavy atom. The van der Waals surface area contributed by atoms with Crippen molar-refractivity contribution in [1.82, 2.24) is 5.32 Å². The maximum Gasteiger partial charge on any atom is 0.319 e. The van der Waals surface area contributed by atoms with Crippen LogP contribution in [0.3, 0.4) is 0 Å². The van der Waals surface area contributed by atoms with E-state index in [9.17, 15) is 4.79 Å². The summed E-state index contributed by atoms with van der Waals surface area (Å²) in [6.07, 6.45) is 6.51. The third-order valence-electron chi connectivity index (χ3n) is 3.34. The predicted molar refractivity (Wildman–Crippen MR) is 70.0 cm³/mol. The van der Waals surface area contributed by atoms with E-state index in [-0.39, 0.29) is 6.03 Å². The molecule has 3 heteroatoms. The van der Waals surface area contributed by atoms with Gasteiger partial charge in [-0.25, -0.2) is 4.79 Å². The summed E-state index contributed by atoms with van der Waals surface area (Å²) in [5.41, 5.74) is 0.839. The first-order valence-electron chi connectivity index (χ1n) is 6.44. The molecule has 1 saturated carbocycles. The van der Waals surface area contributed by atoms with Gasteiger partial charge in [0.25, 0.3) is 0 Å². The van der Waals surface area contributed by atoms with E-state index in [1.807, 2.05) is 30.3 Å². The first kappa shape index (κ1) is 12.0. The van der Waals surface area contributed by atoms with Gasteiger partial charge in [-0.05, 0) is 24.5 Å².